The molecule has 1 aromatic carbocycles. The molecule has 0 heterocycles. The molecular formula is C13H18O3. The number of hydrogen-bond donors (Lipinski definition) is 1. The molecule has 0 saturated heterocycles. The molecule has 0 fully saturated rings. The lowest BCUT2D eigenvalue weighted by Gasteiger charge is -2.08. The lowest BCUT2D eigenvalue weighted by Crippen LogP contribution is -2.02. The third-order valence-electron chi connectivity index (χ3n) is 2.50. The zero-order chi connectivity index (χ0) is 12.1. The summed E-state index contributed by atoms with van der Waals surface area (Å²) in [7, 11) is 1.48. The van der Waals surface area contributed by atoms with Gasteiger partial charge < -0.3 is 9.84 Å². The van der Waals surface area contributed by atoms with E-state index in [1.807, 2.05) is 6.07 Å². The van der Waals surface area contributed by atoms with Crippen LogP contribution in [-0.4, -0.2) is 18.2 Å². The van der Waals surface area contributed by atoms with Crippen LogP contribution in [0.4, 0.5) is 0 Å². The van der Waals surface area contributed by atoms with Gasteiger partial charge in [-0.3, -0.25) is 0 Å². The van der Waals surface area contributed by atoms with E-state index in [1.54, 1.807) is 12.1 Å². The second kappa shape index (κ2) is 5.54. The van der Waals surface area contributed by atoms with E-state index in [0.29, 0.717) is 11.7 Å². The first-order chi connectivity index (χ1) is 7.54. The van der Waals surface area contributed by atoms with Gasteiger partial charge in [-0.25, -0.2) is 4.79 Å². The number of ether oxygens (including phenoxy) is 1. The van der Waals surface area contributed by atoms with Crippen LogP contribution in [0.5, 0.6) is 5.75 Å². The summed E-state index contributed by atoms with van der Waals surface area (Å²) in [5.74, 6) is 0.0967. The monoisotopic (exact) mass is 222 g/mol. The van der Waals surface area contributed by atoms with Gasteiger partial charge in [0.1, 0.15) is 11.3 Å². The molecule has 0 aliphatic carbocycles. The molecule has 0 atom stereocenters. The molecule has 88 valence electrons. The molecule has 0 radical (unpaired) electrons. The first kappa shape index (κ1) is 12.6. The number of carbonyl (C=O) groups is 1. The maximum atomic E-state index is 11.0. The van der Waals surface area contributed by atoms with Crippen LogP contribution >= 0.6 is 0 Å². The average Bonchev–Trinajstić information content (AvgIpc) is 2.25. The molecular weight excluding hydrogens is 204 g/mol. The van der Waals surface area contributed by atoms with Crippen LogP contribution in [0.2, 0.25) is 0 Å². The molecule has 0 amide bonds. The Labute approximate surface area is 96.1 Å². The van der Waals surface area contributed by atoms with Crippen molar-refractivity contribution in [2.75, 3.05) is 7.11 Å². The molecule has 1 aromatic rings. The number of carboxylic acids is 1. The molecule has 0 spiro atoms. The van der Waals surface area contributed by atoms with Gasteiger partial charge in [0.15, 0.2) is 0 Å². The molecule has 0 saturated carbocycles. The lowest BCUT2D eigenvalue weighted by molar-refractivity contribution is 0.0693. The minimum absolute atomic E-state index is 0.240. The Hall–Kier alpha value is -1.51. The van der Waals surface area contributed by atoms with E-state index >= 15 is 0 Å². The van der Waals surface area contributed by atoms with Crippen LogP contribution in [0, 0.1) is 5.92 Å². The van der Waals surface area contributed by atoms with Crippen LogP contribution in [0.25, 0.3) is 0 Å². The van der Waals surface area contributed by atoms with Crippen LogP contribution < -0.4 is 4.74 Å². The fraction of sp³-hybridized carbons (Fsp3) is 0.462. The summed E-state index contributed by atoms with van der Waals surface area (Å²) in [5.41, 5.74) is 1.29. The highest BCUT2D eigenvalue weighted by molar-refractivity contribution is 5.91. The van der Waals surface area contributed by atoms with Crippen molar-refractivity contribution in [3.05, 3.63) is 29.3 Å². The Morgan fingerprint density at radius 2 is 2.12 bits per heavy atom. The van der Waals surface area contributed by atoms with Gasteiger partial charge in [-0.15, -0.1) is 0 Å². The van der Waals surface area contributed by atoms with Crippen molar-refractivity contribution in [2.24, 2.45) is 5.92 Å². The Balaban J connectivity index is 2.89. The number of methoxy groups -OCH3 is 1. The number of benzene rings is 1. The average molecular weight is 222 g/mol. The quantitative estimate of drug-likeness (QED) is 0.833. The third kappa shape index (κ3) is 3.26. The fourth-order valence-corrected chi connectivity index (χ4v) is 1.53. The summed E-state index contributed by atoms with van der Waals surface area (Å²) in [6.07, 6.45) is 1.97. The van der Waals surface area contributed by atoms with Crippen LogP contribution in [0.15, 0.2) is 18.2 Å². The Morgan fingerprint density at radius 3 is 2.62 bits per heavy atom. The summed E-state index contributed by atoms with van der Waals surface area (Å²) in [6.45, 7) is 4.31. The highest BCUT2D eigenvalue weighted by Gasteiger charge is 2.11. The summed E-state index contributed by atoms with van der Waals surface area (Å²) < 4.78 is 5.01. The second-order valence-corrected chi connectivity index (χ2v) is 4.27. The molecule has 3 nitrogen and oxygen atoms in total. The topological polar surface area (TPSA) is 46.5 Å². The van der Waals surface area contributed by atoms with Crippen molar-refractivity contribution < 1.29 is 14.6 Å². The van der Waals surface area contributed by atoms with Crippen molar-refractivity contribution in [3.63, 3.8) is 0 Å². The van der Waals surface area contributed by atoms with Gasteiger partial charge in [0.2, 0.25) is 0 Å². The highest BCUT2D eigenvalue weighted by atomic mass is 16.5. The molecule has 3 heteroatoms. The zero-order valence-electron chi connectivity index (χ0n) is 9.99. The fourth-order valence-electron chi connectivity index (χ4n) is 1.53. The number of carboxylic acid groups (broad SMARTS) is 1. The molecule has 0 aromatic heterocycles. The van der Waals surface area contributed by atoms with Crippen LogP contribution in [-0.2, 0) is 6.42 Å². The molecule has 1 rings (SSSR count). The minimum Gasteiger partial charge on any atom is -0.496 e. The molecule has 0 aliphatic rings. The minimum atomic E-state index is -0.941. The number of aromatic carboxylic acids is 1. The van der Waals surface area contributed by atoms with E-state index in [0.717, 1.165) is 18.4 Å². The number of rotatable bonds is 5. The van der Waals surface area contributed by atoms with E-state index in [9.17, 15) is 4.79 Å². The summed E-state index contributed by atoms with van der Waals surface area (Å²) in [5, 5.41) is 9.02. The van der Waals surface area contributed by atoms with Gasteiger partial charge in [-0.05, 0) is 36.5 Å². The number of hydrogen-bond acceptors (Lipinski definition) is 2. The van der Waals surface area contributed by atoms with E-state index in [-0.39, 0.29) is 5.56 Å². The van der Waals surface area contributed by atoms with Gasteiger partial charge in [-0.2, -0.15) is 0 Å². The molecule has 16 heavy (non-hydrogen) atoms. The SMILES string of the molecule is COc1ccc(CCC(C)C)cc1C(=O)O. The van der Waals surface area contributed by atoms with Gasteiger partial charge in [-0.1, -0.05) is 19.9 Å². The number of aryl methyl sites for hydroxylation is 1. The largest absolute Gasteiger partial charge is 0.496 e. The molecule has 0 bridgehead atoms. The normalized spacial score (nSPS) is 10.5. The van der Waals surface area contributed by atoms with Gasteiger partial charge in [0, 0.05) is 0 Å². The standard InChI is InChI=1S/C13H18O3/c1-9(2)4-5-10-6-7-12(16-3)11(8-10)13(14)15/h6-9H,4-5H2,1-3H3,(H,14,15). The summed E-state index contributed by atoms with van der Waals surface area (Å²) in [6, 6.07) is 5.34. The molecule has 0 unspecified atom stereocenters. The van der Waals surface area contributed by atoms with Gasteiger partial charge in [0.05, 0.1) is 7.11 Å². The van der Waals surface area contributed by atoms with E-state index in [4.69, 9.17) is 9.84 Å². The Bertz CT molecular complexity index is 369. The van der Waals surface area contributed by atoms with E-state index in [1.165, 1.54) is 7.11 Å². The maximum absolute atomic E-state index is 11.0. The van der Waals surface area contributed by atoms with Crippen LogP contribution in [0.1, 0.15) is 36.2 Å². The summed E-state index contributed by atoms with van der Waals surface area (Å²) in [4.78, 5) is 11.0. The molecule has 1 N–H and O–H groups in total. The first-order valence-corrected chi connectivity index (χ1v) is 5.44. The van der Waals surface area contributed by atoms with Crippen molar-refractivity contribution in [2.45, 2.75) is 26.7 Å². The predicted molar refractivity (Wildman–Crippen MR) is 63.1 cm³/mol. The van der Waals surface area contributed by atoms with Crippen molar-refractivity contribution in [1.29, 1.82) is 0 Å². The molecule has 0 aliphatic heterocycles. The first-order valence-electron chi connectivity index (χ1n) is 5.44. The summed E-state index contributed by atoms with van der Waals surface area (Å²) >= 11 is 0. The van der Waals surface area contributed by atoms with Gasteiger partial charge in [0.25, 0.3) is 0 Å². The maximum Gasteiger partial charge on any atom is 0.339 e. The van der Waals surface area contributed by atoms with Crippen molar-refractivity contribution in [3.8, 4) is 5.75 Å². The second-order valence-electron chi connectivity index (χ2n) is 4.27. The van der Waals surface area contributed by atoms with Crippen molar-refractivity contribution in [1.82, 2.24) is 0 Å². The zero-order valence-corrected chi connectivity index (χ0v) is 9.99. The van der Waals surface area contributed by atoms with Gasteiger partial charge >= 0.3 is 5.97 Å². The van der Waals surface area contributed by atoms with E-state index in [2.05, 4.69) is 13.8 Å². The van der Waals surface area contributed by atoms with E-state index < -0.39 is 5.97 Å². The highest BCUT2D eigenvalue weighted by Crippen LogP contribution is 2.21. The smallest absolute Gasteiger partial charge is 0.339 e. The van der Waals surface area contributed by atoms with Crippen LogP contribution in [0.3, 0.4) is 0 Å². The Morgan fingerprint density at radius 1 is 1.44 bits per heavy atom. The lowest BCUT2D eigenvalue weighted by atomic mass is 10.0. The Kier molecular flexibility index (Phi) is 4.35. The predicted octanol–water partition coefficient (Wildman–Crippen LogP) is 2.98. The third-order valence-corrected chi connectivity index (χ3v) is 2.50. The van der Waals surface area contributed by atoms with Crippen molar-refractivity contribution >= 4 is 5.97 Å².